The minimum atomic E-state index is 0.0856. The van der Waals surface area contributed by atoms with Gasteiger partial charge in [0.2, 0.25) is 0 Å². The van der Waals surface area contributed by atoms with E-state index in [0.717, 1.165) is 12.4 Å². The maximum Gasteiger partial charge on any atom is 0.142 e. The van der Waals surface area contributed by atoms with E-state index >= 15 is 0 Å². The first-order valence-electron chi connectivity index (χ1n) is 8.63. The Bertz CT molecular complexity index is 753. The first-order valence-corrected chi connectivity index (χ1v) is 8.63. The summed E-state index contributed by atoms with van der Waals surface area (Å²) in [4.78, 5) is 9.73. The van der Waals surface area contributed by atoms with Gasteiger partial charge < -0.3 is 15.1 Å². The van der Waals surface area contributed by atoms with Crippen LogP contribution in [-0.4, -0.2) is 43.6 Å². The average molecular weight is 320 g/mol. The molecule has 0 bridgehead atoms. The van der Waals surface area contributed by atoms with Gasteiger partial charge >= 0.3 is 0 Å². The monoisotopic (exact) mass is 320 g/mol. The Labute approximate surface area is 143 Å². The minimum absolute atomic E-state index is 0.0856. The molecular weight excluding hydrogens is 296 g/mol. The summed E-state index contributed by atoms with van der Waals surface area (Å²) in [6, 6.07) is 19.6. The molecule has 2 aromatic rings. The van der Waals surface area contributed by atoms with Gasteiger partial charge in [0.1, 0.15) is 12.0 Å². The smallest absolute Gasteiger partial charge is 0.142 e. The van der Waals surface area contributed by atoms with Gasteiger partial charge in [0.05, 0.1) is 23.3 Å². The standard InChI is InChI=1S/C20H24N4/c1-4-24-16-13-9-8-12-15(16)21-19-18(24)17(20(22-19)23(2)3)14-10-6-5-7-11-14/h5-13,17-19,21H,4H2,1-3H3. The Morgan fingerprint density at radius 3 is 2.46 bits per heavy atom. The van der Waals surface area contributed by atoms with Gasteiger partial charge in [-0.2, -0.15) is 0 Å². The zero-order valence-electron chi connectivity index (χ0n) is 14.5. The van der Waals surface area contributed by atoms with Gasteiger partial charge in [-0.05, 0) is 24.6 Å². The maximum atomic E-state index is 5.05. The van der Waals surface area contributed by atoms with E-state index in [2.05, 4.69) is 90.7 Å². The molecule has 0 saturated heterocycles. The van der Waals surface area contributed by atoms with E-state index in [1.165, 1.54) is 16.9 Å². The molecule has 124 valence electrons. The SMILES string of the molecule is CCN1c2ccccc2NC2N=C(N(C)C)C(c3ccccc3)C21. The molecule has 0 aromatic heterocycles. The fourth-order valence-electron chi connectivity index (χ4n) is 4.05. The molecule has 2 heterocycles. The van der Waals surface area contributed by atoms with Gasteiger partial charge in [0.25, 0.3) is 0 Å². The van der Waals surface area contributed by atoms with E-state index in [0.29, 0.717) is 6.04 Å². The van der Waals surface area contributed by atoms with Gasteiger partial charge in [-0.1, -0.05) is 42.5 Å². The third-order valence-electron chi connectivity index (χ3n) is 5.05. The zero-order chi connectivity index (χ0) is 16.7. The first kappa shape index (κ1) is 15.1. The molecule has 2 aliphatic heterocycles. The Hall–Kier alpha value is -2.49. The van der Waals surface area contributed by atoms with Crippen LogP contribution in [0, 0.1) is 0 Å². The Kier molecular flexibility index (Phi) is 3.68. The second kappa shape index (κ2) is 5.86. The summed E-state index contributed by atoms with van der Waals surface area (Å²) in [7, 11) is 4.19. The number of hydrogen-bond acceptors (Lipinski definition) is 4. The number of anilines is 2. The molecule has 3 atom stereocenters. The van der Waals surface area contributed by atoms with Crippen molar-refractivity contribution in [2.45, 2.75) is 25.0 Å². The summed E-state index contributed by atoms with van der Waals surface area (Å²) in [5.41, 5.74) is 3.78. The summed E-state index contributed by atoms with van der Waals surface area (Å²) in [6.45, 7) is 3.20. The Balaban J connectivity index is 1.83. The maximum absolute atomic E-state index is 5.05. The van der Waals surface area contributed by atoms with Crippen LogP contribution in [0.25, 0.3) is 0 Å². The fraction of sp³-hybridized carbons (Fsp3) is 0.350. The normalized spacial score (nSPS) is 24.7. The third kappa shape index (κ3) is 2.25. The number of nitrogens with one attached hydrogen (secondary N) is 1. The van der Waals surface area contributed by atoms with E-state index in [1.54, 1.807) is 0 Å². The van der Waals surface area contributed by atoms with Crippen LogP contribution in [0.15, 0.2) is 59.6 Å². The van der Waals surface area contributed by atoms with Crippen LogP contribution in [-0.2, 0) is 0 Å². The van der Waals surface area contributed by atoms with E-state index < -0.39 is 0 Å². The molecule has 4 heteroatoms. The second-order valence-electron chi connectivity index (χ2n) is 6.65. The van der Waals surface area contributed by atoms with Crippen molar-refractivity contribution >= 4 is 17.2 Å². The number of amidine groups is 1. The number of likely N-dealkylation sites (N-methyl/N-ethyl adjacent to an activating group) is 2. The molecule has 0 spiro atoms. The van der Waals surface area contributed by atoms with Gasteiger partial charge in [0.15, 0.2) is 0 Å². The number of nitrogens with zero attached hydrogens (tertiary/aromatic N) is 3. The van der Waals surface area contributed by atoms with Crippen LogP contribution in [0.5, 0.6) is 0 Å². The molecule has 0 fully saturated rings. The van der Waals surface area contributed by atoms with Crippen LogP contribution >= 0.6 is 0 Å². The number of para-hydroxylation sites is 2. The molecule has 0 amide bonds. The summed E-state index contributed by atoms with van der Waals surface area (Å²) in [5, 5.41) is 3.65. The summed E-state index contributed by atoms with van der Waals surface area (Å²) in [5.74, 6) is 1.42. The predicted octanol–water partition coefficient (Wildman–Crippen LogP) is 3.39. The summed E-state index contributed by atoms with van der Waals surface area (Å²) in [6.07, 6.45) is 0.0856. The molecule has 24 heavy (non-hydrogen) atoms. The van der Waals surface area contributed by atoms with Crippen molar-refractivity contribution in [3.8, 4) is 0 Å². The topological polar surface area (TPSA) is 30.9 Å². The highest BCUT2D eigenvalue weighted by Gasteiger charge is 2.46. The van der Waals surface area contributed by atoms with Crippen molar-refractivity contribution in [1.82, 2.24) is 4.90 Å². The van der Waals surface area contributed by atoms with Gasteiger partial charge in [-0.3, -0.25) is 0 Å². The summed E-state index contributed by atoms with van der Waals surface area (Å²) >= 11 is 0. The van der Waals surface area contributed by atoms with Crippen LogP contribution in [0.1, 0.15) is 18.4 Å². The molecule has 4 nitrogen and oxygen atoms in total. The van der Waals surface area contributed by atoms with Crippen molar-refractivity contribution in [3.05, 3.63) is 60.2 Å². The van der Waals surface area contributed by atoms with Gasteiger partial charge in [-0.15, -0.1) is 0 Å². The van der Waals surface area contributed by atoms with E-state index in [1.807, 2.05) is 0 Å². The van der Waals surface area contributed by atoms with E-state index in [4.69, 9.17) is 4.99 Å². The number of hydrogen-bond donors (Lipinski definition) is 1. The third-order valence-corrected chi connectivity index (χ3v) is 5.05. The van der Waals surface area contributed by atoms with Gasteiger partial charge in [-0.25, -0.2) is 4.99 Å². The highest BCUT2D eigenvalue weighted by atomic mass is 15.3. The largest absolute Gasteiger partial charge is 0.366 e. The van der Waals surface area contributed by atoms with Crippen LogP contribution in [0.4, 0.5) is 11.4 Å². The molecule has 2 aromatic carbocycles. The van der Waals surface area contributed by atoms with E-state index in [9.17, 15) is 0 Å². The number of aliphatic imine (C=N–C) groups is 1. The molecular formula is C20H24N4. The van der Waals surface area contributed by atoms with Crippen molar-refractivity contribution in [1.29, 1.82) is 0 Å². The van der Waals surface area contributed by atoms with Gasteiger partial charge in [0, 0.05) is 20.6 Å². The van der Waals surface area contributed by atoms with Crippen LogP contribution in [0.3, 0.4) is 0 Å². The van der Waals surface area contributed by atoms with Crippen molar-refractivity contribution in [3.63, 3.8) is 0 Å². The van der Waals surface area contributed by atoms with Crippen molar-refractivity contribution < 1.29 is 0 Å². The molecule has 3 unspecified atom stereocenters. The lowest BCUT2D eigenvalue weighted by atomic mass is 9.88. The fourth-order valence-corrected chi connectivity index (χ4v) is 4.05. The quantitative estimate of drug-likeness (QED) is 0.920. The van der Waals surface area contributed by atoms with Crippen molar-refractivity contribution in [2.75, 3.05) is 30.9 Å². The van der Waals surface area contributed by atoms with Crippen molar-refractivity contribution in [2.24, 2.45) is 4.99 Å². The Morgan fingerprint density at radius 2 is 1.75 bits per heavy atom. The van der Waals surface area contributed by atoms with Crippen LogP contribution in [0.2, 0.25) is 0 Å². The highest BCUT2D eigenvalue weighted by molar-refractivity contribution is 5.94. The lowest BCUT2D eigenvalue weighted by Crippen LogP contribution is -2.51. The highest BCUT2D eigenvalue weighted by Crippen LogP contribution is 2.43. The molecule has 1 N–H and O–H groups in total. The molecule has 4 rings (SSSR count). The molecule has 0 radical (unpaired) electrons. The molecule has 2 aliphatic rings. The van der Waals surface area contributed by atoms with E-state index in [-0.39, 0.29) is 12.1 Å². The Morgan fingerprint density at radius 1 is 1.04 bits per heavy atom. The summed E-state index contributed by atoms with van der Waals surface area (Å²) < 4.78 is 0. The first-order chi connectivity index (χ1) is 11.7. The molecule has 0 aliphatic carbocycles. The lowest BCUT2D eigenvalue weighted by Gasteiger charge is -2.42. The number of benzene rings is 2. The average Bonchev–Trinajstić information content (AvgIpc) is 2.99. The zero-order valence-corrected chi connectivity index (χ0v) is 14.5. The predicted molar refractivity (Wildman–Crippen MR) is 101 cm³/mol. The lowest BCUT2D eigenvalue weighted by molar-refractivity contribution is 0.509. The second-order valence-corrected chi connectivity index (χ2v) is 6.65. The number of fused-ring (bicyclic) bond motifs is 2. The molecule has 0 saturated carbocycles. The minimum Gasteiger partial charge on any atom is -0.366 e. The number of rotatable bonds is 2. The van der Waals surface area contributed by atoms with Crippen LogP contribution < -0.4 is 10.2 Å².